The minimum absolute atomic E-state index is 0.228. The van der Waals surface area contributed by atoms with Crippen molar-refractivity contribution in [3.05, 3.63) is 48.0 Å². The third kappa shape index (κ3) is 2.72. The molecule has 4 rings (SSSR count). The average molecular weight is 306 g/mol. The van der Waals surface area contributed by atoms with Crippen molar-refractivity contribution in [2.75, 3.05) is 7.11 Å². The zero-order valence-electron chi connectivity index (χ0n) is 13.1. The van der Waals surface area contributed by atoms with E-state index in [0.717, 1.165) is 29.7 Å². The molecule has 0 radical (unpaired) electrons. The fourth-order valence-electron chi connectivity index (χ4n) is 2.74. The van der Waals surface area contributed by atoms with E-state index in [9.17, 15) is 0 Å². The molecule has 0 unspecified atom stereocenters. The van der Waals surface area contributed by atoms with Gasteiger partial charge in [0.2, 0.25) is 0 Å². The van der Waals surface area contributed by atoms with Gasteiger partial charge in [0.25, 0.3) is 0 Å². The van der Waals surface area contributed by atoms with Crippen LogP contribution in [0.3, 0.4) is 0 Å². The maximum absolute atomic E-state index is 5.10. The smallest absolute Gasteiger partial charge is 0.137 e. The van der Waals surface area contributed by atoms with Gasteiger partial charge in [-0.15, -0.1) is 0 Å². The van der Waals surface area contributed by atoms with Crippen LogP contribution >= 0.6 is 0 Å². The maximum Gasteiger partial charge on any atom is 0.137 e. The molecule has 2 saturated carbocycles. The van der Waals surface area contributed by atoms with Crippen molar-refractivity contribution < 1.29 is 4.84 Å². The number of oxime groups is 1. The van der Waals surface area contributed by atoms with E-state index in [2.05, 4.69) is 39.2 Å². The van der Waals surface area contributed by atoms with Crippen molar-refractivity contribution in [2.45, 2.75) is 31.2 Å². The van der Waals surface area contributed by atoms with E-state index in [1.54, 1.807) is 19.8 Å². The van der Waals surface area contributed by atoms with Crippen LogP contribution in [0.1, 0.15) is 36.8 Å². The predicted octanol–water partition coefficient (Wildman–Crippen LogP) is 2.58. The lowest BCUT2D eigenvalue weighted by Crippen LogP contribution is -2.29. The number of hydrogen-bond acceptors (Lipinski definition) is 4. The topological polar surface area (TPSA) is 52.3 Å². The summed E-state index contributed by atoms with van der Waals surface area (Å²) in [5.74, 6) is 7.14. The highest BCUT2D eigenvalue weighted by Crippen LogP contribution is 2.46. The van der Waals surface area contributed by atoms with Crippen LogP contribution < -0.4 is 0 Å². The lowest BCUT2D eigenvalue weighted by molar-refractivity contribution is 0.210. The van der Waals surface area contributed by atoms with Gasteiger partial charge in [-0.1, -0.05) is 29.1 Å². The van der Waals surface area contributed by atoms with Gasteiger partial charge in [0.15, 0.2) is 0 Å². The molecule has 0 bridgehead atoms. The molecule has 2 aromatic rings. The highest BCUT2D eigenvalue weighted by Gasteiger charge is 2.51. The lowest BCUT2D eigenvalue weighted by Gasteiger charge is -2.17. The fourth-order valence-corrected chi connectivity index (χ4v) is 2.74. The second kappa shape index (κ2) is 5.54. The van der Waals surface area contributed by atoms with Crippen LogP contribution in [0.4, 0.5) is 0 Å². The van der Waals surface area contributed by atoms with Crippen LogP contribution in [0.5, 0.6) is 0 Å². The van der Waals surface area contributed by atoms with E-state index in [-0.39, 0.29) is 5.54 Å². The molecule has 1 heterocycles. The summed E-state index contributed by atoms with van der Waals surface area (Å²) in [7, 11) is 1.58. The third-order valence-corrected chi connectivity index (χ3v) is 4.36. The quantitative estimate of drug-likeness (QED) is 0.495. The number of nitrogens with zero attached hydrogens (tertiary/aromatic N) is 4. The number of benzene rings is 1. The first-order valence-corrected chi connectivity index (χ1v) is 7.90. The van der Waals surface area contributed by atoms with Gasteiger partial charge in [-0.2, -0.15) is 5.10 Å². The molecule has 1 aromatic heterocycles. The summed E-state index contributed by atoms with van der Waals surface area (Å²) in [4.78, 5) is 9.16. The monoisotopic (exact) mass is 306 g/mol. The molecule has 1 aromatic carbocycles. The second-order valence-corrected chi connectivity index (χ2v) is 6.12. The Morgan fingerprint density at radius 1 is 1.30 bits per heavy atom. The Morgan fingerprint density at radius 3 is 2.65 bits per heavy atom. The second-order valence-electron chi connectivity index (χ2n) is 6.12. The molecule has 116 valence electrons. The van der Waals surface area contributed by atoms with Crippen molar-refractivity contribution in [3.63, 3.8) is 0 Å². The summed E-state index contributed by atoms with van der Waals surface area (Å²) in [6.45, 7) is 0. The Bertz CT molecular complexity index is 773. The average Bonchev–Trinajstić information content (AvgIpc) is 3.51. The Hall–Kier alpha value is -2.61. The molecule has 2 fully saturated rings. The summed E-state index contributed by atoms with van der Waals surface area (Å²) in [5.41, 5.74) is 2.75. The van der Waals surface area contributed by atoms with Crippen LogP contribution in [0.2, 0.25) is 0 Å². The molecule has 0 N–H and O–H groups in total. The van der Waals surface area contributed by atoms with Crippen LogP contribution in [0, 0.1) is 17.8 Å². The van der Waals surface area contributed by atoms with Gasteiger partial charge >= 0.3 is 0 Å². The molecule has 5 nitrogen and oxygen atoms in total. The van der Waals surface area contributed by atoms with Crippen LogP contribution in [0.15, 0.2) is 42.1 Å². The van der Waals surface area contributed by atoms with Gasteiger partial charge in [-0.05, 0) is 37.8 Å². The van der Waals surface area contributed by atoms with E-state index in [0.29, 0.717) is 5.92 Å². The molecule has 0 spiro atoms. The van der Waals surface area contributed by atoms with Gasteiger partial charge in [-0.3, -0.25) is 0 Å². The Kier molecular flexibility index (Phi) is 3.38. The van der Waals surface area contributed by atoms with Crippen LogP contribution in [0.25, 0.3) is 0 Å². The number of rotatable bonds is 4. The van der Waals surface area contributed by atoms with Gasteiger partial charge in [0.05, 0.1) is 0 Å². The van der Waals surface area contributed by atoms with Crippen molar-refractivity contribution in [3.8, 4) is 11.8 Å². The molecule has 2 aliphatic carbocycles. The minimum atomic E-state index is -0.228. The van der Waals surface area contributed by atoms with E-state index >= 15 is 0 Å². The van der Waals surface area contributed by atoms with E-state index in [1.165, 1.54) is 12.8 Å². The highest BCUT2D eigenvalue weighted by atomic mass is 16.6. The van der Waals surface area contributed by atoms with E-state index < -0.39 is 0 Å². The van der Waals surface area contributed by atoms with Crippen molar-refractivity contribution in [1.82, 2.24) is 14.8 Å². The molecule has 2 aliphatic rings. The molecule has 0 atom stereocenters. The van der Waals surface area contributed by atoms with Gasteiger partial charge in [-0.25, -0.2) is 9.67 Å². The van der Waals surface area contributed by atoms with Crippen molar-refractivity contribution in [2.24, 2.45) is 11.1 Å². The zero-order valence-corrected chi connectivity index (χ0v) is 13.1. The van der Waals surface area contributed by atoms with Gasteiger partial charge in [0.1, 0.15) is 31.0 Å². The van der Waals surface area contributed by atoms with E-state index in [1.807, 2.05) is 16.8 Å². The Morgan fingerprint density at radius 2 is 2.09 bits per heavy atom. The molecule has 5 heteroatoms. The van der Waals surface area contributed by atoms with Crippen molar-refractivity contribution in [1.29, 1.82) is 0 Å². The molecular weight excluding hydrogens is 288 g/mol. The van der Waals surface area contributed by atoms with Crippen molar-refractivity contribution >= 4 is 5.71 Å². The molecular formula is C18H18N4O. The minimum Gasteiger partial charge on any atom is -0.399 e. The number of hydrogen-bond donors (Lipinski definition) is 0. The summed E-state index contributed by atoms with van der Waals surface area (Å²) >= 11 is 0. The summed E-state index contributed by atoms with van der Waals surface area (Å²) in [6, 6.07) is 8.22. The fraction of sp³-hybridized carbons (Fsp3) is 0.389. The normalized spacial score (nSPS) is 18.9. The van der Waals surface area contributed by atoms with Crippen LogP contribution in [-0.4, -0.2) is 27.6 Å². The molecule has 23 heavy (non-hydrogen) atoms. The van der Waals surface area contributed by atoms with Gasteiger partial charge in [0, 0.05) is 17.0 Å². The maximum atomic E-state index is 5.10. The molecule has 0 saturated heterocycles. The Balaban J connectivity index is 1.64. The molecule has 0 amide bonds. The first kappa shape index (κ1) is 14.0. The SMILES string of the molecule is CO/N=C(\c1ccc(C#CC2CC2)cc1)C1(n2cncn2)CC1. The molecule has 0 aliphatic heterocycles. The first-order chi connectivity index (χ1) is 11.3. The third-order valence-electron chi connectivity index (χ3n) is 4.36. The highest BCUT2D eigenvalue weighted by molar-refractivity contribution is 6.07. The lowest BCUT2D eigenvalue weighted by atomic mass is 10.00. The standard InChI is InChI=1S/C18H18N4O/c1-23-21-17(18(10-11-18)22-13-19-12-20-22)16-8-6-15(7-9-16)5-4-14-2-3-14/h6-9,12-14H,2-3,10-11H2,1H3/b21-17+. The summed E-state index contributed by atoms with van der Waals surface area (Å²) in [6.07, 6.45) is 7.77. The van der Waals surface area contributed by atoms with Gasteiger partial charge < -0.3 is 4.84 Å². The summed E-state index contributed by atoms with van der Waals surface area (Å²) < 4.78 is 1.88. The predicted molar refractivity (Wildman–Crippen MR) is 86.8 cm³/mol. The zero-order chi connectivity index (χ0) is 15.7. The largest absolute Gasteiger partial charge is 0.399 e. The number of aromatic nitrogens is 3. The first-order valence-electron chi connectivity index (χ1n) is 7.90. The summed E-state index contributed by atoms with van der Waals surface area (Å²) in [5, 5.41) is 8.59. The Labute approximate surface area is 135 Å². The van der Waals surface area contributed by atoms with Crippen LogP contribution in [-0.2, 0) is 10.4 Å². The van der Waals surface area contributed by atoms with E-state index in [4.69, 9.17) is 4.84 Å².